The zero-order valence-corrected chi connectivity index (χ0v) is 22.6. The maximum Gasteiger partial charge on any atom is 0.113 e. The quantitative estimate of drug-likeness (QED) is 0.372. The number of aliphatic hydroxyl groups is 2. The van der Waals surface area contributed by atoms with E-state index >= 15 is 0 Å². The van der Waals surface area contributed by atoms with Crippen molar-refractivity contribution in [3.8, 4) is 0 Å². The molecule has 2 N–H and O–H groups in total. The molecule has 3 nitrogen and oxygen atoms in total. The first-order chi connectivity index (χ1) is 15.2. The maximum absolute atomic E-state index is 10.9. The highest BCUT2D eigenvalue weighted by Crippen LogP contribution is 2.73. The Morgan fingerprint density at radius 2 is 1.67 bits per heavy atom. The SMILES string of the molecule is C[C@@H](C[C@H](O)C1OC1(C)C)[C@@H]1CC[C@]2(C)C3=CCC4C(C)(C)C(O)CC[C@]4(C)C3CC[C@@]12C. The highest BCUT2D eigenvalue weighted by Gasteiger charge is 2.65. The summed E-state index contributed by atoms with van der Waals surface area (Å²) in [4.78, 5) is 0. The monoisotopic (exact) mass is 458 g/mol. The van der Waals surface area contributed by atoms with Gasteiger partial charge in [0.2, 0.25) is 0 Å². The van der Waals surface area contributed by atoms with E-state index in [2.05, 4.69) is 61.5 Å². The third-order valence-corrected chi connectivity index (χ3v) is 12.6. The minimum atomic E-state index is -0.341. The van der Waals surface area contributed by atoms with Gasteiger partial charge in [-0.25, -0.2) is 0 Å². The van der Waals surface area contributed by atoms with Crippen molar-refractivity contribution in [2.24, 2.45) is 45.3 Å². The molecule has 0 radical (unpaired) electrons. The predicted molar refractivity (Wildman–Crippen MR) is 134 cm³/mol. The molecule has 0 aromatic heterocycles. The van der Waals surface area contributed by atoms with Crippen LogP contribution in [-0.4, -0.2) is 34.1 Å². The van der Waals surface area contributed by atoms with Gasteiger partial charge in [-0.15, -0.1) is 0 Å². The molecule has 5 aliphatic rings. The van der Waals surface area contributed by atoms with Crippen LogP contribution in [-0.2, 0) is 4.74 Å². The average Bonchev–Trinajstić information content (AvgIpc) is 3.26. The molecule has 0 bridgehead atoms. The van der Waals surface area contributed by atoms with Crippen LogP contribution in [0.15, 0.2) is 11.6 Å². The lowest BCUT2D eigenvalue weighted by atomic mass is 9.41. The zero-order chi connectivity index (χ0) is 24.2. The van der Waals surface area contributed by atoms with Crippen molar-refractivity contribution in [2.45, 2.75) is 131 Å². The van der Waals surface area contributed by atoms with E-state index in [9.17, 15) is 10.2 Å². The number of ether oxygens (including phenoxy) is 1. The Balaban J connectivity index is 1.40. The summed E-state index contributed by atoms with van der Waals surface area (Å²) >= 11 is 0. The number of rotatable bonds is 4. The molecule has 1 heterocycles. The molecule has 5 rings (SSSR count). The first kappa shape index (κ1) is 24.3. The fourth-order valence-corrected chi connectivity index (χ4v) is 10.2. The number of fused-ring (bicyclic) bond motifs is 5. The summed E-state index contributed by atoms with van der Waals surface area (Å²) in [6.07, 6.45) is 11.4. The van der Waals surface area contributed by atoms with Gasteiger partial charge in [0.25, 0.3) is 0 Å². The van der Waals surface area contributed by atoms with E-state index in [4.69, 9.17) is 4.74 Å². The Morgan fingerprint density at radius 3 is 2.30 bits per heavy atom. The smallest absolute Gasteiger partial charge is 0.113 e. The van der Waals surface area contributed by atoms with Crippen molar-refractivity contribution in [1.82, 2.24) is 0 Å². The third kappa shape index (κ3) is 3.23. The van der Waals surface area contributed by atoms with Crippen LogP contribution in [0.5, 0.6) is 0 Å². The fourth-order valence-electron chi connectivity index (χ4n) is 10.2. The molecule has 0 aromatic rings. The molecule has 0 spiro atoms. The van der Waals surface area contributed by atoms with Crippen LogP contribution in [0.4, 0.5) is 0 Å². The summed E-state index contributed by atoms with van der Waals surface area (Å²) in [6.45, 7) is 19.0. The third-order valence-electron chi connectivity index (χ3n) is 12.6. The first-order valence-corrected chi connectivity index (χ1v) is 13.9. The topological polar surface area (TPSA) is 53.0 Å². The lowest BCUT2D eigenvalue weighted by Crippen LogP contribution is -2.58. The summed E-state index contributed by atoms with van der Waals surface area (Å²) in [7, 11) is 0. The Kier molecular flexibility index (Phi) is 5.40. The average molecular weight is 459 g/mol. The second-order valence-corrected chi connectivity index (χ2v) is 14.7. The number of aliphatic hydroxyl groups excluding tert-OH is 2. The van der Waals surface area contributed by atoms with E-state index in [1.165, 1.54) is 32.1 Å². The number of allylic oxidation sites excluding steroid dienone is 2. The summed E-state index contributed by atoms with van der Waals surface area (Å²) in [5, 5.41) is 21.7. The van der Waals surface area contributed by atoms with Crippen LogP contribution < -0.4 is 0 Å². The lowest BCUT2D eigenvalue weighted by molar-refractivity contribution is -0.131. The highest BCUT2D eigenvalue weighted by molar-refractivity contribution is 5.33. The van der Waals surface area contributed by atoms with Gasteiger partial charge in [-0.3, -0.25) is 0 Å². The fraction of sp³-hybridized carbons (Fsp3) is 0.933. The van der Waals surface area contributed by atoms with Crippen LogP contribution in [0.1, 0.15) is 107 Å². The van der Waals surface area contributed by atoms with Crippen molar-refractivity contribution >= 4 is 0 Å². The van der Waals surface area contributed by atoms with Gasteiger partial charge in [-0.05, 0) is 111 Å². The normalized spacial score (nSPS) is 51.6. The minimum absolute atomic E-state index is 0.00178. The Labute approximate surface area is 202 Å². The largest absolute Gasteiger partial charge is 0.393 e. The van der Waals surface area contributed by atoms with Crippen molar-refractivity contribution in [3.63, 3.8) is 0 Å². The molecule has 4 aliphatic carbocycles. The first-order valence-electron chi connectivity index (χ1n) is 13.9. The molecule has 0 amide bonds. The number of hydrogen-bond acceptors (Lipinski definition) is 3. The van der Waals surface area contributed by atoms with Crippen LogP contribution in [0.3, 0.4) is 0 Å². The summed E-state index contributed by atoms with van der Waals surface area (Å²) in [5.74, 6) is 2.42. The zero-order valence-electron chi connectivity index (χ0n) is 22.6. The molecule has 188 valence electrons. The standard InChI is InChI=1S/C30H50O3/c1-18(17-22(31)25-27(4,5)33-25)19-11-15-30(8)21-9-10-23-26(2,3)24(32)13-14-28(23,6)20(21)12-16-29(19,30)7/h9,18-20,22-25,31-32H,10-17H2,1-8H3/t18-,19-,20?,22-,23?,24?,25?,28+,29-,30+/m0/s1. The Bertz CT molecular complexity index is 828. The second kappa shape index (κ2) is 7.32. The van der Waals surface area contributed by atoms with E-state index in [1.54, 1.807) is 5.57 Å². The van der Waals surface area contributed by atoms with E-state index in [1.807, 2.05) is 0 Å². The van der Waals surface area contributed by atoms with Crippen LogP contribution >= 0.6 is 0 Å². The molecular weight excluding hydrogens is 408 g/mol. The Hall–Kier alpha value is -0.380. The van der Waals surface area contributed by atoms with Crippen molar-refractivity contribution in [2.75, 3.05) is 0 Å². The van der Waals surface area contributed by atoms with Crippen molar-refractivity contribution in [3.05, 3.63) is 11.6 Å². The molecule has 4 unspecified atom stereocenters. The van der Waals surface area contributed by atoms with Gasteiger partial charge in [0, 0.05) is 0 Å². The van der Waals surface area contributed by atoms with Gasteiger partial charge in [-0.1, -0.05) is 53.2 Å². The van der Waals surface area contributed by atoms with Gasteiger partial charge >= 0.3 is 0 Å². The minimum Gasteiger partial charge on any atom is -0.393 e. The van der Waals surface area contributed by atoms with Crippen LogP contribution in [0.25, 0.3) is 0 Å². The molecule has 3 heteroatoms. The van der Waals surface area contributed by atoms with E-state index in [0.717, 1.165) is 19.3 Å². The molecule has 33 heavy (non-hydrogen) atoms. The molecule has 3 saturated carbocycles. The summed E-state index contributed by atoms with van der Waals surface area (Å²) in [6, 6.07) is 0. The molecular formula is C30H50O3. The summed E-state index contributed by atoms with van der Waals surface area (Å²) in [5.41, 5.74) is 2.50. The predicted octanol–water partition coefficient (Wildman–Crippen LogP) is 6.52. The van der Waals surface area contributed by atoms with Crippen molar-refractivity contribution < 1.29 is 14.9 Å². The van der Waals surface area contributed by atoms with E-state index in [0.29, 0.717) is 34.5 Å². The van der Waals surface area contributed by atoms with E-state index in [-0.39, 0.29) is 34.7 Å². The number of epoxide rings is 1. The Morgan fingerprint density at radius 1 is 1.00 bits per heavy atom. The van der Waals surface area contributed by atoms with Gasteiger partial charge < -0.3 is 14.9 Å². The van der Waals surface area contributed by atoms with Crippen molar-refractivity contribution in [1.29, 1.82) is 0 Å². The molecule has 10 atom stereocenters. The van der Waals surface area contributed by atoms with Gasteiger partial charge in [0.15, 0.2) is 0 Å². The lowest BCUT2D eigenvalue weighted by Gasteiger charge is -2.64. The van der Waals surface area contributed by atoms with Crippen LogP contribution in [0, 0.1) is 45.3 Å². The second-order valence-electron chi connectivity index (χ2n) is 14.7. The van der Waals surface area contributed by atoms with Gasteiger partial charge in [0.05, 0.1) is 17.8 Å². The molecule has 1 saturated heterocycles. The van der Waals surface area contributed by atoms with Gasteiger partial charge in [0.1, 0.15) is 6.10 Å². The van der Waals surface area contributed by atoms with Crippen LogP contribution in [0.2, 0.25) is 0 Å². The van der Waals surface area contributed by atoms with Gasteiger partial charge in [-0.2, -0.15) is 0 Å². The number of hydrogen-bond donors (Lipinski definition) is 2. The maximum atomic E-state index is 10.9. The van der Waals surface area contributed by atoms with E-state index < -0.39 is 0 Å². The molecule has 4 fully saturated rings. The molecule has 1 aliphatic heterocycles. The molecule has 0 aromatic carbocycles. The summed E-state index contributed by atoms with van der Waals surface area (Å²) < 4.78 is 5.76. The highest BCUT2D eigenvalue weighted by atomic mass is 16.6.